The molecule has 0 fully saturated rings. The van der Waals surface area contributed by atoms with E-state index in [0.29, 0.717) is 24.4 Å². The molecule has 0 aliphatic carbocycles. The number of H-pyrrole nitrogens is 1. The van der Waals surface area contributed by atoms with Gasteiger partial charge in [0.2, 0.25) is 5.82 Å². The highest BCUT2D eigenvalue weighted by atomic mass is 32.1. The van der Waals surface area contributed by atoms with E-state index in [2.05, 4.69) is 45.9 Å². The van der Waals surface area contributed by atoms with Crippen LogP contribution in [0, 0.1) is 6.92 Å². The maximum absolute atomic E-state index is 13.2. The van der Waals surface area contributed by atoms with Gasteiger partial charge in [-0.2, -0.15) is 5.21 Å². The molecular formula is C22H25N5O2S. The van der Waals surface area contributed by atoms with Crippen molar-refractivity contribution in [2.45, 2.75) is 45.6 Å². The molecule has 0 unspecified atom stereocenters. The lowest BCUT2D eigenvalue weighted by atomic mass is 9.79. The van der Waals surface area contributed by atoms with Crippen molar-refractivity contribution in [1.82, 2.24) is 25.9 Å². The summed E-state index contributed by atoms with van der Waals surface area (Å²) in [6.45, 7) is 6.96. The molecule has 0 saturated heterocycles. The number of hydrogen-bond donors (Lipinski definition) is 2. The Morgan fingerprint density at radius 1 is 1.23 bits per heavy atom. The average Bonchev–Trinajstić information content (AvgIpc) is 3.40. The fraction of sp³-hybridized carbons (Fsp3) is 0.364. The van der Waals surface area contributed by atoms with Crippen LogP contribution in [0.25, 0.3) is 11.1 Å². The summed E-state index contributed by atoms with van der Waals surface area (Å²) in [5.41, 5.74) is 3.02. The molecule has 3 aromatic rings. The highest BCUT2D eigenvalue weighted by Crippen LogP contribution is 2.43. The maximum atomic E-state index is 13.2. The first-order valence-corrected chi connectivity index (χ1v) is 11.0. The van der Waals surface area contributed by atoms with Gasteiger partial charge in [-0.1, -0.05) is 25.5 Å². The van der Waals surface area contributed by atoms with Gasteiger partial charge >= 0.3 is 0 Å². The van der Waals surface area contributed by atoms with Crippen molar-refractivity contribution in [1.29, 1.82) is 0 Å². The Balaban J connectivity index is 1.70. The van der Waals surface area contributed by atoms with Crippen LogP contribution in [0.15, 0.2) is 35.7 Å². The van der Waals surface area contributed by atoms with Gasteiger partial charge in [-0.15, -0.1) is 21.5 Å². The SMILES string of the molecule is CCCCOc1ccc([C@]2(C)CC(c3sccc3C)=C(c3nn[nH]n3)C(=O)N2)cc1. The lowest BCUT2D eigenvalue weighted by Gasteiger charge is -2.37. The summed E-state index contributed by atoms with van der Waals surface area (Å²) in [6, 6.07) is 10.1. The molecule has 1 aliphatic rings. The summed E-state index contributed by atoms with van der Waals surface area (Å²) in [7, 11) is 0. The first kappa shape index (κ1) is 20.3. The Morgan fingerprint density at radius 3 is 2.67 bits per heavy atom. The standard InChI is InChI=1S/C22H25N5O2S/c1-4-5-11-29-16-8-6-15(7-9-16)22(3)13-17(19-14(2)10-12-30-19)18(21(28)23-22)20-24-26-27-25-20/h6-10,12H,4-5,11,13H2,1-3H3,(H,23,28)(H,24,25,26,27)/t22-/m0/s1. The van der Waals surface area contributed by atoms with Crippen LogP contribution in [-0.4, -0.2) is 33.1 Å². The number of thiophene rings is 1. The summed E-state index contributed by atoms with van der Waals surface area (Å²) >= 11 is 1.62. The number of amides is 1. The van der Waals surface area contributed by atoms with Gasteiger partial charge in [-0.05, 0) is 65.8 Å². The number of unbranched alkanes of at least 4 members (excludes halogenated alkanes) is 1. The minimum absolute atomic E-state index is 0.198. The van der Waals surface area contributed by atoms with Gasteiger partial charge in [0.1, 0.15) is 5.75 Å². The van der Waals surface area contributed by atoms with E-state index in [0.717, 1.165) is 40.2 Å². The van der Waals surface area contributed by atoms with Crippen molar-refractivity contribution in [3.8, 4) is 5.75 Å². The molecule has 8 heteroatoms. The van der Waals surface area contributed by atoms with Gasteiger partial charge in [0, 0.05) is 11.3 Å². The normalized spacial score (nSPS) is 19.1. The Kier molecular flexibility index (Phi) is 5.67. The zero-order valence-corrected chi connectivity index (χ0v) is 18.2. The van der Waals surface area contributed by atoms with E-state index in [1.807, 2.05) is 36.6 Å². The molecule has 30 heavy (non-hydrogen) atoms. The highest BCUT2D eigenvalue weighted by Gasteiger charge is 2.39. The minimum Gasteiger partial charge on any atom is -0.494 e. The number of ether oxygens (including phenoxy) is 1. The number of rotatable bonds is 7. The number of aromatic amines is 1. The Morgan fingerprint density at radius 2 is 2.03 bits per heavy atom. The molecule has 1 atom stereocenters. The molecule has 1 amide bonds. The number of aromatic nitrogens is 4. The zero-order valence-electron chi connectivity index (χ0n) is 17.4. The molecular weight excluding hydrogens is 398 g/mol. The largest absolute Gasteiger partial charge is 0.494 e. The van der Waals surface area contributed by atoms with E-state index in [-0.39, 0.29) is 5.91 Å². The van der Waals surface area contributed by atoms with Crippen LogP contribution in [0.1, 0.15) is 54.9 Å². The number of hydrogen-bond acceptors (Lipinski definition) is 6. The van der Waals surface area contributed by atoms with E-state index in [1.165, 1.54) is 0 Å². The average molecular weight is 424 g/mol. The van der Waals surface area contributed by atoms with Crippen molar-refractivity contribution < 1.29 is 9.53 Å². The van der Waals surface area contributed by atoms with Crippen LogP contribution < -0.4 is 10.1 Å². The van der Waals surface area contributed by atoms with Gasteiger partial charge in [0.25, 0.3) is 5.91 Å². The van der Waals surface area contributed by atoms with Crippen LogP contribution in [0.3, 0.4) is 0 Å². The first-order chi connectivity index (χ1) is 14.5. The van der Waals surface area contributed by atoms with Gasteiger partial charge < -0.3 is 10.1 Å². The van der Waals surface area contributed by atoms with E-state index in [1.54, 1.807) is 11.3 Å². The second kappa shape index (κ2) is 8.39. The molecule has 2 aromatic heterocycles. The Labute approximate surface area is 179 Å². The van der Waals surface area contributed by atoms with Crippen molar-refractivity contribution in [2.24, 2.45) is 0 Å². The molecule has 3 heterocycles. The van der Waals surface area contributed by atoms with Crippen molar-refractivity contribution in [3.63, 3.8) is 0 Å². The maximum Gasteiger partial charge on any atom is 0.256 e. The monoisotopic (exact) mass is 423 g/mol. The summed E-state index contributed by atoms with van der Waals surface area (Å²) in [6.07, 6.45) is 2.75. The highest BCUT2D eigenvalue weighted by molar-refractivity contribution is 7.11. The molecule has 0 saturated carbocycles. The topological polar surface area (TPSA) is 92.8 Å². The van der Waals surface area contributed by atoms with Crippen LogP contribution >= 0.6 is 11.3 Å². The Bertz CT molecular complexity index is 1060. The lowest BCUT2D eigenvalue weighted by Crippen LogP contribution is -2.47. The molecule has 1 aromatic carbocycles. The number of carbonyl (C=O) groups is 1. The predicted molar refractivity (Wildman–Crippen MR) is 117 cm³/mol. The number of carbonyl (C=O) groups excluding carboxylic acids is 1. The van der Waals surface area contributed by atoms with E-state index >= 15 is 0 Å². The lowest BCUT2D eigenvalue weighted by molar-refractivity contribution is -0.117. The molecule has 0 spiro atoms. The third kappa shape index (κ3) is 3.87. The van der Waals surface area contributed by atoms with E-state index < -0.39 is 5.54 Å². The third-order valence-electron chi connectivity index (χ3n) is 5.41. The summed E-state index contributed by atoms with van der Waals surface area (Å²) < 4.78 is 5.78. The van der Waals surface area contributed by atoms with E-state index in [9.17, 15) is 4.79 Å². The number of nitrogens with zero attached hydrogens (tertiary/aromatic N) is 3. The minimum atomic E-state index is -0.558. The van der Waals surface area contributed by atoms with Gasteiger partial charge in [0.05, 0.1) is 17.7 Å². The molecule has 1 aliphatic heterocycles. The zero-order chi connectivity index (χ0) is 21.1. The van der Waals surface area contributed by atoms with Crippen LogP contribution in [0.2, 0.25) is 0 Å². The number of nitrogens with one attached hydrogen (secondary N) is 2. The van der Waals surface area contributed by atoms with Crippen LogP contribution in [0.5, 0.6) is 5.75 Å². The molecule has 0 bridgehead atoms. The predicted octanol–water partition coefficient (Wildman–Crippen LogP) is 4.09. The second-order valence-corrected chi connectivity index (χ2v) is 8.63. The van der Waals surface area contributed by atoms with Crippen LogP contribution in [0.4, 0.5) is 0 Å². The fourth-order valence-corrected chi connectivity index (χ4v) is 4.72. The number of benzene rings is 1. The number of tetrazole rings is 1. The molecule has 2 N–H and O–H groups in total. The van der Waals surface area contributed by atoms with E-state index in [4.69, 9.17) is 4.74 Å². The fourth-order valence-electron chi connectivity index (χ4n) is 3.74. The van der Waals surface area contributed by atoms with Crippen molar-refractivity contribution in [3.05, 3.63) is 57.5 Å². The number of aryl methyl sites for hydroxylation is 1. The molecule has 4 rings (SSSR count). The Hall–Kier alpha value is -3.00. The third-order valence-corrected chi connectivity index (χ3v) is 6.49. The van der Waals surface area contributed by atoms with Gasteiger partial charge in [-0.25, -0.2) is 0 Å². The summed E-state index contributed by atoms with van der Waals surface area (Å²) in [5.74, 6) is 0.962. The molecule has 7 nitrogen and oxygen atoms in total. The van der Waals surface area contributed by atoms with Crippen LogP contribution in [-0.2, 0) is 10.3 Å². The smallest absolute Gasteiger partial charge is 0.256 e. The second-order valence-electron chi connectivity index (χ2n) is 7.71. The van der Waals surface area contributed by atoms with Crippen molar-refractivity contribution in [2.75, 3.05) is 6.61 Å². The van der Waals surface area contributed by atoms with Crippen molar-refractivity contribution >= 4 is 28.4 Å². The molecule has 0 radical (unpaired) electrons. The first-order valence-electron chi connectivity index (χ1n) is 10.1. The summed E-state index contributed by atoms with van der Waals surface area (Å²) in [4.78, 5) is 14.3. The van der Waals surface area contributed by atoms with Gasteiger partial charge in [-0.3, -0.25) is 4.79 Å². The van der Waals surface area contributed by atoms with Gasteiger partial charge in [0.15, 0.2) is 0 Å². The quantitative estimate of drug-likeness (QED) is 0.558. The molecule has 156 valence electrons. The summed E-state index contributed by atoms with van der Waals surface area (Å²) in [5, 5.41) is 19.5.